The van der Waals surface area contributed by atoms with Crippen molar-refractivity contribution in [2.24, 2.45) is 17.3 Å². The summed E-state index contributed by atoms with van der Waals surface area (Å²) in [7, 11) is -6.94. The summed E-state index contributed by atoms with van der Waals surface area (Å²) in [5.74, 6) is -0.459. The molecule has 3 atom stereocenters. The summed E-state index contributed by atoms with van der Waals surface area (Å²) in [6.07, 6.45) is 2.92. The first-order valence-corrected chi connectivity index (χ1v) is 15.4. The van der Waals surface area contributed by atoms with Crippen molar-refractivity contribution in [3.8, 4) is 0 Å². The highest BCUT2D eigenvalue weighted by atomic mass is 31.2. The molecule has 2 fully saturated rings. The molecule has 0 bridgehead atoms. The average molecular weight is 509 g/mol. The molecular weight excluding hydrogens is 466 g/mol. The molecule has 1 aliphatic carbocycles. The lowest BCUT2D eigenvalue weighted by atomic mass is 9.97. The van der Waals surface area contributed by atoms with Crippen LogP contribution in [0.25, 0.3) is 0 Å². The molecule has 0 spiro atoms. The number of ketones is 2. The molecule has 1 heterocycles. The van der Waals surface area contributed by atoms with Crippen LogP contribution in [-0.4, -0.2) is 49.3 Å². The van der Waals surface area contributed by atoms with Crippen molar-refractivity contribution < 1.29 is 36.8 Å². The van der Waals surface area contributed by atoms with Gasteiger partial charge in [-0.15, -0.1) is 0 Å². The quantitative estimate of drug-likeness (QED) is 0.195. The Balaban J connectivity index is 1.98. The Hall–Kier alpha value is -0.360. The number of hydrogen-bond acceptors (Lipinski definition) is 8. The van der Waals surface area contributed by atoms with Gasteiger partial charge >= 0.3 is 15.2 Å². The predicted molar refractivity (Wildman–Crippen MR) is 128 cm³/mol. The minimum atomic E-state index is -3.58. The van der Waals surface area contributed by atoms with Crippen LogP contribution in [0.15, 0.2) is 0 Å². The van der Waals surface area contributed by atoms with E-state index in [1.54, 1.807) is 6.92 Å². The van der Waals surface area contributed by atoms with Gasteiger partial charge in [0.05, 0.1) is 32.6 Å². The van der Waals surface area contributed by atoms with Gasteiger partial charge < -0.3 is 18.1 Å². The maximum absolute atomic E-state index is 13.7. The third kappa shape index (κ3) is 7.08. The van der Waals surface area contributed by atoms with E-state index < -0.39 is 20.3 Å². The van der Waals surface area contributed by atoms with E-state index in [4.69, 9.17) is 18.1 Å². The fraction of sp³-hybridized carbons (Fsp3) is 0.913. The van der Waals surface area contributed by atoms with E-state index >= 15 is 0 Å². The third-order valence-electron chi connectivity index (χ3n) is 6.30. The van der Waals surface area contributed by atoms with Gasteiger partial charge in [-0.05, 0) is 31.6 Å². The van der Waals surface area contributed by atoms with Crippen LogP contribution in [0, 0.1) is 17.3 Å². The molecule has 0 aromatic heterocycles. The summed E-state index contributed by atoms with van der Waals surface area (Å²) < 4.78 is 49.3. The second kappa shape index (κ2) is 11.6. The maximum Gasteiger partial charge on any atom is 0.344 e. The Morgan fingerprint density at radius 2 is 1.73 bits per heavy atom. The number of hydrogen-bond donors (Lipinski definition) is 0. The summed E-state index contributed by atoms with van der Waals surface area (Å²) in [5.41, 5.74) is -0.243. The molecule has 2 rings (SSSR count). The van der Waals surface area contributed by atoms with Crippen molar-refractivity contribution in [3.63, 3.8) is 0 Å². The van der Waals surface area contributed by atoms with Gasteiger partial charge in [-0.1, -0.05) is 41.5 Å². The molecule has 1 saturated heterocycles. The summed E-state index contributed by atoms with van der Waals surface area (Å²) in [5, 5.41) is -1.09. The first-order valence-electron chi connectivity index (χ1n) is 12.2. The van der Waals surface area contributed by atoms with Crippen LogP contribution in [0.1, 0.15) is 80.1 Å². The van der Waals surface area contributed by atoms with E-state index in [-0.39, 0.29) is 48.0 Å². The molecule has 10 heteroatoms. The second-order valence-corrected chi connectivity index (χ2v) is 14.8. The van der Waals surface area contributed by atoms with Crippen molar-refractivity contribution in [3.05, 3.63) is 0 Å². The topological polar surface area (TPSA) is 105 Å². The highest BCUT2D eigenvalue weighted by Crippen LogP contribution is 2.77. The highest BCUT2D eigenvalue weighted by molar-refractivity contribution is 7.57. The van der Waals surface area contributed by atoms with Gasteiger partial charge in [0, 0.05) is 24.2 Å². The van der Waals surface area contributed by atoms with E-state index in [1.165, 1.54) is 0 Å². The highest BCUT2D eigenvalue weighted by Gasteiger charge is 2.72. The first-order chi connectivity index (χ1) is 15.3. The number of rotatable bonds is 15. The van der Waals surface area contributed by atoms with Crippen molar-refractivity contribution in [2.75, 3.05) is 32.6 Å². The van der Waals surface area contributed by atoms with Crippen LogP contribution < -0.4 is 0 Å². The molecule has 2 aliphatic rings. The molecule has 0 radical (unpaired) electrons. The molecule has 0 N–H and O–H groups in total. The number of Topliss-reactive ketones (excluding diaryl/α,β-unsaturated/α-hetero) is 2. The van der Waals surface area contributed by atoms with E-state index in [2.05, 4.69) is 0 Å². The van der Waals surface area contributed by atoms with Crippen molar-refractivity contribution in [1.82, 2.24) is 0 Å². The lowest BCUT2D eigenvalue weighted by Gasteiger charge is -2.38. The van der Waals surface area contributed by atoms with Gasteiger partial charge in [-0.2, -0.15) is 0 Å². The third-order valence-corrected chi connectivity index (χ3v) is 10.9. The molecule has 0 aromatic carbocycles. The standard InChI is InChI=1S/C23H42O8P2/c1-7-12-28-32(26,14-11-20(24)8-2)29-13-9-10-19-15-23(19,21(25)18(3)4)33(27)30-16-22(5,6)17-31-33/h18-19H,7-17H2,1-6H3. The van der Waals surface area contributed by atoms with E-state index in [0.29, 0.717) is 51.9 Å². The SMILES string of the molecule is CCCOP(=O)(CCC(=O)CC)OCCCC1CC1(C(=O)C(C)C)P1(=O)OCC(C)(C)CO1. The normalized spacial score (nSPS) is 27.8. The smallest absolute Gasteiger partial charge is 0.309 e. The minimum absolute atomic E-state index is 0.0225. The zero-order valence-electron chi connectivity index (χ0n) is 21.1. The van der Waals surface area contributed by atoms with Gasteiger partial charge in [0.25, 0.3) is 0 Å². The molecule has 8 nitrogen and oxygen atoms in total. The van der Waals surface area contributed by atoms with Crippen LogP contribution in [0.5, 0.6) is 0 Å². The van der Waals surface area contributed by atoms with Gasteiger partial charge in [-0.25, -0.2) is 0 Å². The molecule has 33 heavy (non-hydrogen) atoms. The monoisotopic (exact) mass is 508 g/mol. The van der Waals surface area contributed by atoms with Gasteiger partial charge in [0.15, 0.2) is 5.78 Å². The van der Waals surface area contributed by atoms with E-state index in [1.807, 2.05) is 34.6 Å². The lowest BCUT2D eigenvalue weighted by molar-refractivity contribution is -0.123. The molecular formula is C23H42O8P2. The summed E-state index contributed by atoms with van der Waals surface area (Å²) in [4.78, 5) is 24.8. The number of carbonyl (C=O) groups is 2. The summed E-state index contributed by atoms with van der Waals surface area (Å²) in [6.45, 7) is 12.3. The van der Waals surface area contributed by atoms with Crippen LogP contribution in [-0.2, 0) is 36.8 Å². The molecule has 3 unspecified atom stereocenters. The fourth-order valence-electron chi connectivity index (χ4n) is 4.13. The minimum Gasteiger partial charge on any atom is -0.309 e. The molecule has 0 amide bonds. The summed E-state index contributed by atoms with van der Waals surface area (Å²) in [6, 6.07) is 0. The predicted octanol–water partition coefficient (Wildman–Crippen LogP) is 6.02. The Bertz CT molecular complexity index is 779. The van der Waals surface area contributed by atoms with Gasteiger partial charge in [0.2, 0.25) is 0 Å². The molecule has 1 saturated carbocycles. The zero-order chi connectivity index (χ0) is 24.9. The van der Waals surface area contributed by atoms with Crippen LogP contribution in [0.4, 0.5) is 0 Å². The van der Waals surface area contributed by atoms with Crippen molar-refractivity contribution >= 4 is 26.8 Å². The average Bonchev–Trinajstić information content (AvgIpc) is 3.51. The van der Waals surface area contributed by atoms with Gasteiger partial charge in [0.1, 0.15) is 10.9 Å². The zero-order valence-corrected chi connectivity index (χ0v) is 22.9. The summed E-state index contributed by atoms with van der Waals surface area (Å²) >= 11 is 0. The van der Waals surface area contributed by atoms with Crippen molar-refractivity contribution in [2.45, 2.75) is 85.2 Å². The number of carbonyl (C=O) groups excluding carboxylic acids is 2. The van der Waals surface area contributed by atoms with Crippen LogP contribution in [0.2, 0.25) is 0 Å². The van der Waals surface area contributed by atoms with Gasteiger partial charge in [-0.3, -0.25) is 18.7 Å². The van der Waals surface area contributed by atoms with E-state index in [0.717, 1.165) is 0 Å². The molecule has 0 aromatic rings. The Morgan fingerprint density at radius 3 is 2.27 bits per heavy atom. The maximum atomic E-state index is 13.7. The second-order valence-electron chi connectivity index (χ2n) is 10.3. The fourth-order valence-corrected chi connectivity index (χ4v) is 8.97. The first kappa shape index (κ1) is 28.9. The van der Waals surface area contributed by atoms with Crippen LogP contribution in [0.3, 0.4) is 0 Å². The Morgan fingerprint density at radius 1 is 1.12 bits per heavy atom. The largest absolute Gasteiger partial charge is 0.344 e. The molecule has 1 aliphatic heterocycles. The Kier molecular flexibility index (Phi) is 10.1. The van der Waals surface area contributed by atoms with E-state index in [9.17, 15) is 18.7 Å². The lowest BCUT2D eigenvalue weighted by Crippen LogP contribution is -2.38. The van der Waals surface area contributed by atoms with Crippen LogP contribution >= 0.6 is 15.2 Å². The van der Waals surface area contributed by atoms with Crippen molar-refractivity contribution in [1.29, 1.82) is 0 Å². The Labute approximate surface area is 198 Å². The molecule has 192 valence electrons.